The van der Waals surface area contributed by atoms with Gasteiger partial charge >= 0.3 is 62.3 Å². The number of rotatable bonds is 4. The van der Waals surface area contributed by atoms with Crippen LogP contribution in [0.25, 0.3) is 0 Å². The predicted octanol–water partition coefficient (Wildman–Crippen LogP) is 0.279. The van der Waals surface area contributed by atoms with Gasteiger partial charge in [-0.2, -0.15) is 0 Å². The minimum absolute atomic E-state index is 0.0417. The third kappa shape index (κ3) is 5.00. The van der Waals surface area contributed by atoms with Crippen molar-refractivity contribution in [1.29, 1.82) is 0 Å². The normalized spacial score (nSPS) is 12.9. The zero-order chi connectivity index (χ0) is 6.41. The molecule has 0 amide bonds. The van der Waals surface area contributed by atoms with Gasteiger partial charge in [0.1, 0.15) is 0 Å². The van der Waals surface area contributed by atoms with E-state index < -0.39 is 30.7 Å². The third-order valence-electron chi connectivity index (χ3n) is 1.10. The van der Waals surface area contributed by atoms with Gasteiger partial charge in [0.25, 0.3) is 0 Å². The van der Waals surface area contributed by atoms with Gasteiger partial charge in [-0.1, -0.05) is 0 Å². The Balaban J connectivity index is 2.86. The SMILES string of the molecule is C[CH2][Hg][CH2]C(O)CO. The minimum atomic E-state index is -0.676. The molecule has 0 aromatic heterocycles. The van der Waals surface area contributed by atoms with E-state index in [0.29, 0.717) is 0 Å². The van der Waals surface area contributed by atoms with Crippen molar-refractivity contribution in [2.75, 3.05) is 6.61 Å². The molecule has 0 heterocycles. The van der Waals surface area contributed by atoms with Gasteiger partial charge in [-0.05, 0) is 0 Å². The predicted molar refractivity (Wildman–Crippen MR) is 28.4 cm³/mol. The first-order chi connectivity index (χ1) is 3.81. The van der Waals surface area contributed by atoms with E-state index >= 15 is 0 Å². The molecule has 0 rings (SSSR count). The molecular formula is C5H12HgO2. The Morgan fingerprint density at radius 2 is 2.25 bits per heavy atom. The number of hydrogen-bond donors (Lipinski definition) is 2. The Labute approximate surface area is 62.3 Å². The average molecular weight is 305 g/mol. The van der Waals surface area contributed by atoms with E-state index in [4.69, 9.17) is 10.2 Å². The summed E-state index contributed by atoms with van der Waals surface area (Å²) in [7, 11) is 0. The molecule has 3 heteroatoms. The Kier molecular flexibility index (Phi) is 6.62. The molecule has 2 nitrogen and oxygen atoms in total. The van der Waals surface area contributed by atoms with Crippen LogP contribution in [-0.2, 0) is 24.6 Å². The van der Waals surface area contributed by atoms with Crippen LogP contribution in [0.3, 0.4) is 0 Å². The van der Waals surface area contributed by atoms with Gasteiger partial charge in [-0.3, -0.25) is 0 Å². The van der Waals surface area contributed by atoms with Crippen LogP contribution in [0.15, 0.2) is 0 Å². The van der Waals surface area contributed by atoms with Crippen LogP contribution < -0.4 is 0 Å². The van der Waals surface area contributed by atoms with Crippen LogP contribution in [0, 0.1) is 0 Å². The molecule has 46 valence electrons. The number of hydrogen-bond acceptors (Lipinski definition) is 2. The van der Waals surface area contributed by atoms with Gasteiger partial charge in [0.05, 0.1) is 0 Å². The summed E-state index contributed by atoms with van der Waals surface area (Å²) in [5, 5.41) is 17.1. The first-order valence-corrected chi connectivity index (χ1v) is 10.9. The molecule has 0 saturated heterocycles. The van der Waals surface area contributed by atoms with E-state index in [2.05, 4.69) is 6.92 Å². The molecule has 0 aliphatic carbocycles. The quantitative estimate of drug-likeness (QED) is 0.733. The zero-order valence-electron chi connectivity index (χ0n) is 5.30. The van der Waals surface area contributed by atoms with E-state index in [1.54, 1.807) is 0 Å². The Morgan fingerprint density at radius 1 is 1.62 bits per heavy atom. The summed E-state index contributed by atoms with van der Waals surface area (Å²) in [6, 6.07) is 0. The summed E-state index contributed by atoms with van der Waals surface area (Å²) in [4.78, 5) is 0. The van der Waals surface area contributed by atoms with Crippen molar-refractivity contribution < 1.29 is 34.8 Å². The second kappa shape index (κ2) is 5.98. The Bertz CT molecular complexity index is 49.7. The summed E-state index contributed by atoms with van der Waals surface area (Å²) in [5.74, 6) is 0. The molecule has 0 spiro atoms. The number of aliphatic hydroxyl groups is 2. The molecule has 0 fully saturated rings. The van der Waals surface area contributed by atoms with Crippen LogP contribution >= 0.6 is 0 Å². The summed E-state index contributed by atoms with van der Waals surface area (Å²) >= 11 is -0.676. The van der Waals surface area contributed by atoms with E-state index in [9.17, 15) is 0 Å². The fraction of sp³-hybridized carbons (Fsp3) is 1.00. The maximum atomic E-state index is 8.79. The molecule has 2 N–H and O–H groups in total. The van der Waals surface area contributed by atoms with Crippen molar-refractivity contribution >= 4 is 0 Å². The van der Waals surface area contributed by atoms with Gasteiger partial charge in [-0.25, -0.2) is 0 Å². The summed E-state index contributed by atoms with van der Waals surface area (Å²) in [5.41, 5.74) is 0. The van der Waals surface area contributed by atoms with E-state index in [1.807, 2.05) is 0 Å². The van der Waals surface area contributed by atoms with Gasteiger partial charge in [0, 0.05) is 0 Å². The summed E-state index contributed by atoms with van der Waals surface area (Å²) in [6.07, 6.45) is -0.392. The molecule has 1 atom stereocenters. The monoisotopic (exact) mass is 306 g/mol. The molecule has 0 saturated carbocycles. The van der Waals surface area contributed by atoms with Crippen LogP contribution in [0.5, 0.6) is 0 Å². The average Bonchev–Trinajstić information content (AvgIpc) is 1.83. The van der Waals surface area contributed by atoms with Crippen LogP contribution in [-0.4, -0.2) is 22.9 Å². The summed E-state index contributed by atoms with van der Waals surface area (Å²) < 4.78 is 2.25. The van der Waals surface area contributed by atoms with Gasteiger partial charge in [0.15, 0.2) is 0 Å². The van der Waals surface area contributed by atoms with E-state index in [1.165, 1.54) is 3.93 Å². The molecule has 0 aliphatic heterocycles. The molecule has 0 radical (unpaired) electrons. The second-order valence-electron chi connectivity index (χ2n) is 1.98. The van der Waals surface area contributed by atoms with Crippen molar-refractivity contribution in [3.8, 4) is 0 Å². The molecule has 0 aromatic carbocycles. The van der Waals surface area contributed by atoms with Gasteiger partial charge in [0.2, 0.25) is 0 Å². The topological polar surface area (TPSA) is 40.5 Å². The molecular weight excluding hydrogens is 293 g/mol. The van der Waals surface area contributed by atoms with Crippen molar-refractivity contribution in [2.45, 2.75) is 20.9 Å². The van der Waals surface area contributed by atoms with Crippen molar-refractivity contribution in [2.24, 2.45) is 0 Å². The Morgan fingerprint density at radius 3 is 2.62 bits per heavy atom. The van der Waals surface area contributed by atoms with Crippen LogP contribution in [0.2, 0.25) is 7.86 Å². The second-order valence-corrected chi connectivity index (χ2v) is 10.9. The molecule has 0 aromatic rings. The molecule has 0 aliphatic rings. The molecule has 8 heavy (non-hydrogen) atoms. The summed E-state index contributed by atoms with van der Waals surface area (Å²) in [6.45, 7) is 2.12. The maximum absolute atomic E-state index is 8.79. The molecule has 0 bridgehead atoms. The van der Waals surface area contributed by atoms with Gasteiger partial charge in [-0.15, -0.1) is 0 Å². The fourth-order valence-electron chi connectivity index (χ4n) is 0.531. The van der Waals surface area contributed by atoms with E-state index in [-0.39, 0.29) is 6.61 Å². The van der Waals surface area contributed by atoms with E-state index in [0.717, 1.165) is 3.93 Å². The van der Waals surface area contributed by atoms with Crippen LogP contribution in [0.4, 0.5) is 0 Å². The standard InChI is InChI=1S/C3H7O2.C2H5.Hg/c1-3(5)2-4;1-2;/h3-5H,1-2H2;1H2,2H3;. The first kappa shape index (κ1) is 8.86. The zero-order valence-corrected chi connectivity index (χ0v) is 10.8. The third-order valence-corrected chi connectivity index (χ3v) is 8.03. The Hall–Kier alpha value is 0.855. The molecule has 1 unspecified atom stereocenters. The van der Waals surface area contributed by atoms with Crippen molar-refractivity contribution in [1.82, 2.24) is 0 Å². The first-order valence-electron chi connectivity index (χ1n) is 3.10. The van der Waals surface area contributed by atoms with Crippen molar-refractivity contribution in [3.05, 3.63) is 0 Å². The van der Waals surface area contributed by atoms with Crippen LogP contribution in [0.1, 0.15) is 6.92 Å². The fourth-order valence-corrected chi connectivity index (χ4v) is 4.66. The van der Waals surface area contributed by atoms with Crippen molar-refractivity contribution in [3.63, 3.8) is 0 Å². The van der Waals surface area contributed by atoms with Gasteiger partial charge < -0.3 is 0 Å². The number of aliphatic hydroxyl groups excluding tert-OH is 2.